The SMILES string of the molecule is CC(C)(C)OC(=O)NC(=Nc1ccc(C(=O)Oc2ccc3nc(C(=O)N4C[C@@H](Oc5ccc(Cc6ccccc6)cc5)C[C@H]4Cc4ccccc4)ccc3c2)cc1)NC(=O)OC(C)(C)C. The van der Waals surface area contributed by atoms with Gasteiger partial charge in [0.25, 0.3) is 5.91 Å². The van der Waals surface area contributed by atoms with E-state index >= 15 is 0 Å². The molecule has 1 aliphatic rings. The number of carbonyl (C=O) groups is 4. The van der Waals surface area contributed by atoms with Gasteiger partial charge >= 0.3 is 18.2 Å². The number of likely N-dealkylation sites (tertiary alicyclic amines) is 1. The van der Waals surface area contributed by atoms with Crippen LogP contribution in [0.3, 0.4) is 0 Å². The molecular weight excluding hydrogens is 823 g/mol. The van der Waals surface area contributed by atoms with Crippen LogP contribution in [0.4, 0.5) is 15.3 Å². The second-order valence-corrected chi connectivity index (χ2v) is 17.8. The van der Waals surface area contributed by atoms with Crippen LogP contribution in [0.1, 0.15) is 85.5 Å². The van der Waals surface area contributed by atoms with Crippen LogP contribution >= 0.6 is 0 Å². The van der Waals surface area contributed by atoms with Crippen molar-refractivity contribution in [2.45, 2.75) is 84.2 Å². The zero-order valence-corrected chi connectivity index (χ0v) is 37.4. The summed E-state index contributed by atoms with van der Waals surface area (Å²) in [6.07, 6.45) is 0.311. The lowest BCUT2D eigenvalue weighted by Gasteiger charge is -2.24. The Morgan fingerprint density at radius 3 is 1.88 bits per heavy atom. The molecular formula is C52H53N5O8. The Hall–Kier alpha value is -7.54. The van der Waals surface area contributed by atoms with E-state index < -0.39 is 29.4 Å². The van der Waals surface area contributed by atoms with Crippen LogP contribution in [-0.4, -0.2) is 69.8 Å². The Morgan fingerprint density at radius 2 is 1.26 bits per heavy atom. The highest BCUT2D eigenvalue weighted by Gasteiger charge is 2.37. The molecule has 5 aromatic carbocycles. The van der Waals surface area contributed by atoms with Crippen LogP contribution in [0.5, 0.6) is 11.5 Å². The number of nitrogens with zero attached hydrogens (tertiary/aromatic N) is 3. The molecule has 3 amide bonds. The van der Waals surface area contributed by atoms with Crippen molar-refractivity contribution < 1.29 is 38.1 Å². The Kier molecular flexibility index (Phi) is 13.9. The fourth-order valence-electron chi connectivity index (χ4n) is 7.29. The van der Waals surface area contributed by atoms with Crippen molar-refractivity contribution in [2.24, 2.45) is 4.99 Å². The van der Waals surface area contributed by atoms with E-state index in [2.05, 4.69) is 52.0 Å². The van der Waals surface area contributed by atoms with Gasteiger partial charge in [-0.1, -0.05) is 78.9 Å². The van der Waals surface area contributed by atoms with Crippen molar-refractivity contribution in [3.8, 4) is 11.5 Å². The van der Waals surface area contributed by atoms with Crippen LogP contribution in [0.25, 0.3) is 10.9 Å². The van der Waals surface area contributed by atoms with Crippen molar-refractivity contribution >= 4 is 46.6 Å². The summed E-state index contributed by atoms with van der Waals surface area (Å²) in [6, 6.07) is 43.1. The van der Waals surface area contributed by atoms with Gasteiger partial charge in [-0.3, -0.25) is 15.4 Å². The van der Waals surface area contributed by atoms with Gasteiger partial charge in [-0.15, -0.1) is 0 Å². The van der Waals surface area contributed by atoms with E-state index in [4.69, 9.17) is 23.9 Å². The van der Waals surface area contributed by atoms with Gasteiger partial charge in [-0.2, -0.15) is 0 Å². The van der Waals surface area contributed by atoms with Crippen molar-refractivity contribution in [3.63, 3.8) is 0 Å². The number of esters is 1. The van der Waals surface area contributed by atoms with Gasteiger partial charge in [0, 0.05) is 17.8 Å². The minimum Gasteiger partial charge on any atom is -0.489 e. The first-order valence-corrected chi connectivity index (χ1v) is 21.5. The van der Waals surface area contributed by atoms with E-state index in [1.807, 2.05) is 53.4 Å². The van der Waals surface area contributed by atoms with Gasteiger partial charge in [0.1, 0.15) is 34.5 Å². The Balaban J connectivity index is 1.01. The van der Waals surface area contributed by atoms with Crippen molar-refractivity contribution in [1.29, 1.82) is 0 Å². The molecule has 0 unspecified atom stereocenters. The van der Waals surface area contributed by atoms with Crippen LogP contribution < -0.4 is 20.1 Å². The number of ether oxygens (including phenoxy) is 4. The molecule has 7 rings (SSSR count). The van der Waals surface area contributed by atoms with Crippen molar-refractivity contribution in [3.05, 3.63) is 167 Å². The predicted molar refractivity (Wildman–Crippen MR) is 249 cm³/mol. The summed E-state index contributed by atoms with van der Waals surface area (Å²) in [5, 5.41) is 5.54. The third-order valence-electron chi connectivity index (χ3n) is 10.1. The molecule has 1 aromatic heterocycles. The third-order valence-corrected chi connectivity index (χ3v) is 10.1. The zero-order chi connectivity index (χ0) is 46.1. The average Bonchev–Trinajstić information content (AvgIpc) is 3.64. The lowest BCUT2D eigenvalue weighted by Crippen LogP contribution is -2.47. The van der Waals surface area contributed by atoms with E-state index in [0.29, 0.717) is 41.7 Å². The minimum atomic E-state index is -0.837. The topological polar surface area (TPSA) is 158 Å². The van der Waals surface area contributed by atoms with Gasteiger partial charge in [0.05, 0.1) is 23.3 Å². The summed E-state index contributed by atoms with van der Waals surface area (Å²) in [5.41, 5.74) is 3.37. The highest BCUT2D eigenvalue weighted by atomic mass is 16.6. The summed E-state index contributed by atoms with van der Waals surface area (Å²) >= 11 is 0. The van der Waals surface area contributed by atoms with Gasteiger partial charge in [-0.05, 0) is 132 Å². The molecule has 0 radical (unpaired) electrons. The summed E-state index contributed by atoms with van der Waals surface area (Å²) < 4.78 is 22.8. The maximum Gasteiger partial charge on any atom is 0.414 e. The molecule has 2 atom stereocenters. The molecule has 1 fully saturated rings. The number of alkyl carbamates (subject to hydrolysis) is 2. The summed E-state index contributed by atoms with van der Waals surface area (Å²) in [7, 11) is 0. The fourth-order valence-corrected chi connectivity index (χ4v) is 7.29. The molecule has 13 nitrogen and oxygen atoms in total. The van der Waals surface area contributed by atoms with Gasteiger partial charge < -0.3 is 23.8 Å². The van der Waals surface area contributed by atoms with E-state index in [0.717, 1.165) is 17.7 Å². The Bertz CT molecular complexity index is 2630. The molecule has 2 N–H and O–H groups in total. The molecule has 0 aliphatic carbocycles. The van der Waals surface area contributed by atoms with Crippen molar-refractivity contribution in [2.75, 3.05) is 6.54 Å². The number of amides is 3. The number of aliphatic imine (C=N–C) groups is 1. The number of aromatic nitrogens is 1. The minimum absolute atomic E-state index is 0.0998. The monoisotopic (exact) mass is 875 g/mol. The molecule has 0 saturated carbocycles. The number of guanidine groups is 1. The lowest BCUT2D eigenvalue weighted by molar-refractivity contribution is 0.0543. The third kappa shape index (κ3) is 13.2. The molecule has 0 bridgehead atoms. The second kappa shape index (κ2) is 19.9. The van der Waals surface area contributed by atoms with Crippen LogP contribution in [-0.2, 0) is 22.3 Å². The predicted octanol–water partition coefficient (Wildman–Crippen LogP) is 9.99. The maximum atomic E-state index is 14.2. The van der Waals surface area contributed by atoms with Gasteiger partial charge in [0.15, 0.2) is 0 Å². The summed E-state index contributed by atoms with van der Waals surface area (Å²) in [5.74, 6) is -0.00284. The Labute approximate surface area is 378 Å². The highest BCUT2D eigenvalue weighted by Crippen LogP contribution is 2.29. The number of hydrogen-bond donors (Lipinski definition) is 2. The first-order chi connectivity index (χ1) is 31.0. The molecule has 13 heteroatoms. The number of carbonyl (C=O) groups excluding carboxylic acids is 4. The largest absolute Gasteiger partial charge is 0.489 e. The van der Waals surface area contributed by atoms with E-state index in [-0.39, 0.29) is 35.3 Å². The normalized spacial score (nSPS) is 14.8. The smallest absolute Gasteiger partial charge is 0.414 e. The first kappa shape index (κ1) is 45.5. The number of pyridine rings is 1. The van der Waals surface area contributed by atoms with Gasteiger partial charge in [0.2, 0.25) is 5.96 Å². The van der Waals surface area contributed by atoms with Crippen LogP contribution in [0.15, 0.2) is 145 Å². The summed E-state index contributed by atoms with van der Waals surface area (Å²) in [4.78, 5) is 63.4. The number of hydrogen-bond acceptors (Lipinski definition) is 10. The second-order valence-electron chi connectivity index (χ2n) is 17.8. The maximum absolute atomic E-state index is 14.2. The van der Waals surface area contributed by atoms with E-state index in [1.165, 1.54) is 35.4 Å². The first-order valence-electron chi connectivity index (χ1n) is 21.5. The summed E-state index contributed by atoms with van der Waals surface area (Å²) in [6.45, 7) is 10.6. The molecule has 65 heavy (non-hydrogen) atoms. The number of nitrogens with one attached hydrogen (secondary N) is 2. The highest BCUT2D eigenvalue weighted by molar-refractivity contribution is 6.02. The molecule has 0 spiro atoms. The van der Waals surface area contributed by atoms with Gasteiger partial charge in [-0.25, -0.2) is 24.4 Å². The number of fused-ring (bicyclic) bond motifs is 1. The molecule has 1 aliphatic heterocycles. The van der Waals surface area contributed by atoms with E-state index in [9.17, 15) is 19.2 Å². The molecule has 334 valence electrons. The van der Waals surface area contributed by atoms with Crippen LogP contribution in [0, 0.1) is 0 Å². The van der Waals surface area contributed by atoms with Crippen molar-refractivity contribution in [1.82, 2.24) is 20.5 Å². The zero-order valence-electron chi connectivity index (χ0n) is 37.4. The number of benzene rings is 5. The van der Waals surface area contributed by atoms with Crippen LogP contribution in [0.2, 0.25) is 0 Å². The average molecular weight is 876 g/mol. The van der Waals surface area contributed by atoms with E-state index in [1.54, 1.807) is 71.9 Å². The quantitative estimate of drug-likeness (QED) is 0.0592. The molecule has 6 aromatic rings. The standard InChI is InChI=1S/C52H53N5O8/c1-51(2,3)64-49(60)55-48(56-50(61)65-52(4,5)6)53-39-22-19-37(20-23-39)47(59)63-42-26-28-44-38(31-42)21-27-45(54-44)46(58)57-33-43(32-40(57)30-35-15-11-8-12-16-35)62-41-24-17-36(18-25-41)29-34-13-9-7-10-14-34/h7-28,31,40,43H,29-30,32-33H2,1-6H3,(H2,53,55,56,60,61)/t40-,43+/m1/s1. The number of rotatable bonds is 10. The fraction of sp³-hybridized carbons (Fsp3) is 0.269. The molecule has 2 heterocycles. The Morgan fingerprint density at radius 1 is 0.677 bits per heavy atom. The lowest BCUT2D eigenvalue weighted by atomic mass is 10.0. The molecule has 1 saturated heterocycles.